The third-order valence-corrected chi connectivity index (χ3v) is 9.67. The van der Waals surface area contributed by atoms with Crippen LogP contribution in [-0.2, 0) is 10.0 Å². The smallest absolute Gasteiger partial charge is 0.251 e. The Morgan fingerprint density at radius 2 is 1.61 bits per heavy atom. The van der Waals surface area contributed by atoms with Gasteiger partial charge in [0.05, 0.1) is 5.02 Å². The molecule has 7 heteroatoms. The summed E-state index contributed by atoms with van der Waals surface area (Å²) in [6.07, 6.45) is 8.87. The lowest BCUT2D eigenvalue weighted by atomic mass is 9.53. The Bertz CT molecular complexity index is 873. The van der Waals surface area contributed by atoms with Crippen molar-refractivity contribution < 1.29 is 13.2 Å². The van der Waals surface area contributed by atoms with E-state index in [4.69, 9.17) is 11.6 Å². The number of benzene rings is 1. The zero-order valence-electron chi connectivity index (χ0n) is 16.0. The van der Waals surface area contributed by atoms with Crippen LogP contribution in [0.1, 0.15) is 61.7 Å². The van der Waals surface area contributed by atoms with Crippen molar-refractivity contribution in [1.82, 2.24) is 9.62 Å². The predicted octanol–water partition coefficient (Wildman–Crippen LogP) is 3.82. The third-order valence-electron chi connectivity index (χ3n) is 7.29. The third kappa shape index (κ3) is 3.17. The molecule has 0 atom stereocenters. The second-order valence-corrected chi connectivity index (χ2v) is 11.7. The summed E-state index contributed by atoms with van der Waals surface area (Å²) < 4.78 is 27.4. The lowest BCUT2D eigenvalue weighted by Gasteiger charge is -2.56. The highest BCUT2D eigenvalue weighted by Crippen LogP contribution is 2.55. The predicted molar refractivity (Wildman–Crippen MR) is 108 cm³/mol. The molecule has 152 valence electrons. The number of amides is 1. The molecule has 1 N–H and O–H groups in total. The fourth-order valence-corrected chi connectivity index (χ4v) is 8.50. The molecule has 6 rings (SSSR count). The highest BCUT2D eigenvalue weighted by molar-refractivity contribution is 7.89. The molecule has 1 aromatic carbocycles. The lowest BCUT2D eigenvalue weighted by Crippen LogP contribution is -2.59. The van der Waals surface area contributed by atoms with Crippen LogP contribution in [0.3, 0.4) is 0 Å². The van der Waals surface area contributed by atoms with Crippen LogP contribution in [-0.4, -0.2) is 37.3 Å². The zero-order chi connectivity index (χ0) is 19.5. The van der Waals surface area contributed by atoms with Gasteiger partial charge in [-0.05, 0) is 87.3 Å². The maximum Gasteiger partial charge on any atom is 0.251 e. The number of carbonyl (C=O) groups excluding carboxylic acids is 1. The topological polar surface area (TPSA) is 66.5 Å². The summed E-state index contributed by atoms with van der Waals surface area (Å²) in [6, 6.07) is 4.64. The van der Waals surface area contributed by atoms with Crippen molar-refractivity contribution in [3.8, 4) is 0 Å². The number of carbonyl (C=O) groups is 1. The first-order chi connectivity index (χ1) is 13.3. The van der Waals surface area contributed by atoms with Gasteiger partial charge in [0.1, 0.15) is 4.90 Å². The minimum atomic E-state index is -3.66. The van der Waals surface area contributed by atoms with Crippen molar-refractivity contribution in [3.05, 3.63) is 28.8 Å². The molecule has 1 heterocycles. The van der Waals surface area contributed by atoms with Gasteiger partial charge >= 0.3 is 0 Å². The molecular weight excluding hydrogens is 396 g/mol. The van der Waals surface area contributed by atoms with Crippen molar-refractivity contribution >= 4 is 27.5 Å². The van der Waals surface area contributed by atoms with Crippen LogP contribution >= 0.6 is 11.6 Å². The molecule has 1 amide bonds. The molecule has 5 aliphatic rings. The van der Waals surface area contributed by atoms with Gasteiger partial charge in [-0.2, -0.15) is 4.31 Å². The second-order valence-electron chi connectivity index (χ2n) is 9.41. The molecule has 0 aromatic heterocycles. The van der Waals surface area contributed by atoms with E-state index in [-0.39, 0.29) is 21.4 Å². The minimum absolute atomic E-state index is 0.0502. The molecule has 5 fully saturated rings. The van der Waals surface area contributed by atoms with Crippen LogP contribution < -0.4 is 5.32 Å². The Labute approximate surface area is 171 Å². The van der Waals surface area contributed by atoms with Gasteiger partial charge in [-0.3, -0.25) is 4.79 Å². The van der Waals surface area contributed by atoms with Crippen LogP contribution in [0.25, 0.3) is 0 Å². The molecule has 28 heavy (non-hydrogen) atoms. The standard InChI is InChI=1S/C21H27ClN2O3S/c22-18-4-3-17(10-19(18)28(26,27)24-5-1-2-6-24)20(25)23-21-11-14-7-15(12-21)9-16(8-14)13-21/h3-4,10,14-16H,1-2,5-9,11-13H2,(H,23,25). The quantitative estimate of drug-likeness (QED) is 0.801. The largest absolute Gasteiger partial charge is 0.347 e. The lowest BCUT2D eigenvalue weighted by molar-refractivity contribution is -0.0167. The summed E-state index contributed by atoms with van der Waals surface area (Å²) in [6.45, 7) is 1.03. The number of sulfonamides is 1. The first-order valence-corrected chi connectivity index (χ1v) is 12.3. The first-order valence-electron chi connectivity index (χ1n) is 10.5. The van der Waals surface area contributed by atoms with Crippen molar-refractivity contribution in [2.24, 2.45) is 17.8 Å². The second kappa shape index (κ2) is 6.71. The fraction of sp³-hybridized carbons (Fsp3) is 0.667. The molecule has 0 radical (unpaired) electrons. The Balaban J connectivity index is 1.40. The molecule has 5 nitrogen and oxygen atoms in total. The first kappa shape index (κ1) is 18.9. The van der Waals surface area contributed by atoms with Gasteiger partial charge in [0.15, 0.2) is 0 Å². The van der Waals surface area contributed by atoms with Crippen molar-refractivity contribution in [1.29, 1.82) is 0 Å². The van der Waals surface area contributed by atoms with E-state index in [9.17, 15) is 13.2 Å². The minimum Gasteiger partial charge on any atom is -0.347 e. The van der Waals surface area contributed by atoms with Crippen LogP contribution in [0.4, 0.5) is 0 Å². The molecule has 1 aliphatic heterocycles. The Morgan fingerprint density at radius 3 is 2.18 bits per heavy atom. The number of nitrogens with one attached hydrogen (secondary N) is 1. The van der Waals surface area contributed by atoms with Crippen LogP contribution in [0.2, 0.25) is 5.02 Å². The molecule has 4 saturated carbocycles. The van der Waals surface area contributed by atoms with Gasteiger partial charge in [0.2, 0.25) is 10.0 Å². The maximum absolute atomic E-state index is 13.1. The molecule has 4 bridgehead atoms. The van der Waals surface area contributed by atoms with Gasteiger partial charge in [-0.15, -0.1) is 0 Å². The number of nitrogens with zero attached hydrogens (tertiary/aromatic N) is 1. The average molecular weight is 423 g/mol. The van der Waals surface area contributed by atoms with Crippen molar-refractivity contribution in [2.75, 3.05) is 13.1 Å². The van der Waals surface area contributed by atoms with E-state index in [1.54, 1.807) is 12.1 Å². The molecule has 0 spiro atoms. The Kier molecular flexibility index (Phi) is 4.53. The molecule has 4 aliphatic carbocycles. The van der Waals surface area contributed by atoms with E-state index >= 15 is 0 Å². The summed E-state index contributed by atoms with van der Waals surface area (Å²) in [7, 11) is -3.66. The van der Waals surface area contributed by atoms with Crippen molar-refractivity contribution in [3.63, 3.8) is 0 Å². The van der Waals surface area contributed by atoms with Crippen LogP contribution in [0.15, 0.2) is 23.1 Å². The van der Waals surface area contributed by atoms with E-state index in [0.29, 0.717) is 18.7 Å². The summed E-state index contributed by atoms with van der Waals surface area (Å²) >= 11 is 6.23. The van der Waals surface area contributed by atoms with Gasteiger partial charge in [-0.1, -0.05) is 11.6 Å². The van der Waals surface area contributed by atoms with Gasteiger partial charge in [0, 0.05) is 24.2 Å². The van der Waals surface area contributed by atoms with Crippen molar-refractivity contribution in [2.45, 2.75) is 61.8 Å². The maximum atomic E-state index is 13.1. The van der Waals surface area contributed by atoms with E-state index in [1.165, 1.54) is 29.6 Å². The molecule has 0 unspecified atom stereocenters. The highest BCUT2D eigenvalue weighted by atomic mass is 35.5. The highest BCUT2D eigenvalue weighted by Gasteiger charge is 2.51. The van der Waals surface area contributed by atoms with Gasteiger partial charge in [-0.25, -0.2) is 8.42 Å². The Hall–Kier alpha value is -1.11. The van der Waals surface area contributed by atoms with E-state index in [0.717, 1.165) is 49.9 Å². The summed E-state index contributed by atoms with van der Waals surface area (Å²) in [5, 5.41) is 3.50. The summed E-state index contributed by atoms with van der Waals surface area (Å²) in [5.41, 5.74) is 0.289. The van der Waals surface area contributed by atoms with Crippen LogP contribution in [0.5, 0.6) is 0 Å². The number of rotatable bonds is 4. The zero-order valence-corrected chi connectivity index (χ0v) is 17.6. The van der Waals surface area contributed by atoms with E-state index < -0.39 is 10.0 Å². The number of halogens is 1. The SMILES string of the molecule is O=C(NC12CC3CC(CC(C3)C1)C2)c1ccc(Cl)c(S(=O)(=O)N2CCCC2)c1. The average Bonchev–Trinajstić information content (AvgIpc) is 3.15. The fourth-order valence-electron chi connectivity index (χ4n) is 6.49. The normalized spacial score (nSPS) is 34.7. The summed E-state index contributed by atoms with van der Waals surface area (Å²) in [5.74, 6) is 2.05. The molecular formula is C21H27ClN2O3S. The molecule has 1 saturated heterocycles. The number of hydrogen-bond acceptors (Lipinski definition) is 3. The Morgan fingerprint density at radius 1 is 1.04 bits per heavy atom. The van der Waals surface area contributed by atoms with E-state index in [2.05, 4.69) is 5.32 Å². The van der Waals surface area contributed by atoms with Gasteiger partial charge < -0.3 is 5.32 Å². The monoisotopic (exact) mass is 422 g/mol. The number of hydrogen-bond donors (Lipinski definition) is 1. The van der Waals surface area contributed by atoms with Crippen LogP contribution in [0, 0.1) is 17.8 Å². The van der Waals surface area contributed by atoms with Gasteiger partial charge in [0.25, 0.3) is 5.91 Å². The van der Waals surface area contributed by atoms with E-state index in [1.807, 2.05) is 0 Å². The molecule has 1 aromatic rings. The summed E-state index contributed by atoms with van der Waals surface area (Å²) in [4.78, 5) is 13.1.